The Bertz CT molecular complexity index is 639. The van der Waals surface area contributed by atoms with Crippen LogP contribution in [0.2, 0.25) is 0 Å². The van der Waals surface area contributed by atoms with Crippen molar-refractivity contribution in [3.8, 4) is 5.75 Å². The zero-order valence-corrected chi connectivity index (χ0v) is 14.3. The van der Waals surface area contributed by atoms with E-state index in [1.807, 2.05) is 41.8 Å². The van der Waals surface area contributed by atoms with Crippen LogP contribution in [0.3, 0.4) is 0 Å². The Balaban J connectivity index is 1.51. The van der Waals surface area contributed by atoms with E-state index in [1.54, 1.807) is 11.3 Å². The molecule has 5 nitrogen and oxygen atoms in total. The van der Waals surface area contributed by atoms with Gasteiger partial charge in [-0.25, -0.2) is 4.79 Å². The second-order valence-corrected chi connectivity index (χ2v) is 6.72. The number of para-hydroxylation sites is 2. The molecule has 1 fully saturated rings. The van der Waals surface area contributed by atoms with Crippen molar-refractivity contribution < 1.29 is 14.3 Å². The van der Waals surface area contributed by atoms with Crippen molar-refractivity contribution in [1.29, 1.82) is 0 Å². The SMILES string of the molecule is O=C(NCc1cccs1)Nc1ccccc1OCC1CCCCO1. The van der Waals surface area contributed by atoms with Crippen molar-refractivity contribution >= 4 is 23.1 Å². The number of thiophene rings is 1. The van der Waals surface area contributed by atoms with Crippen LogP contribution >= 0.6 is 11.3 Å². The molecule has 0 saturated carbocycles. The number of anilines is 1. The van der Waals surface area contributed by atoms with Gasteiger partial charge in [-0.1, -0.05) is 18.2 Å². The van der Waals surface area contributed by atoms with Crippen molar-refractivity contribution in [1.82, 2.24) is 5.32 Å². The third-order valence-corrected chi connectivity index (χ3v) is 4.71. The molecule has 3 rings (SSSR count). The van der Waals surface area contributed by atoms with Crippen molar-refractivity contribution in [2.24, 2.45) is 0 Å². The summed E-state index contributed by atoms with van der Waals surface area (Å²) in [6, 6.07) is 11.2. The Morgan fingerprint density at radius 2 is 2.17 bits per heavy atom. The molecule has 128 valence electrons. The second-order valence-electron chi connectivity index (χ2n) is 5.68. The van der Waals surface area contributed by atoms with Crippen LogP contribution in [0.4, 0.5) is 10.5 Å². The average Bonchev–Trinajstić information content (AvgIpc) is 3.14. The smallest absolute Gasteiger partial charge is 0.319 e. The minimum Gasteiger partial charge on any atom is -0.489 e. The standard InChI is InChI=1S/C18H22N2O3S/c21-18(19-12-15-7-5-11-24-15)20-16-8-1-2-9-17(16)23-13-14-6-3-4-10-22-14/h1-2,5,7-9,11,14H,3-4,6,10,12-13H2,(H2,19,20,21). The fourth-order valence-electron chi connectivity index (χ4n) is 2.56. The third kappa shape index (κ3) is 4.97. The summed E-state index contributed by atoms with van der Waals surface area (Å²) in [6.07, 6.45) is 3.47. The molecule has 1 atom stereocenters. The van der Waals surface area contributed by atoms with Crippen LogP contribution in [0, 0.1) is 0 Å². The summed E-state index contributed by atoms with van der Waals surface area (Å²) in [4.78, 5) is 13.2. The topological polar surface area (TPSA) is 59.6 Å². The minimum absolute atomic E-state index is 0.138. The van der Waals surface area contributed by atoms with E-state index in [-0.39, 0.29) is 12.1 Å². The first-order chi connectivity index (χ1) is 11.8. The van der Waals surface area contributed by atoms with Gasteiger partial charge in [0.05, 0.1) is 18.3 Å². The van der Waals surface area contributed by atoms with Gasteiger partial charge < -0.3 is 20.1 Å². The van der Waals surface area contributed by atoms with Crippen LogP contribution in [0.15, 0.2) is 41.8 Å². The quantitative estimate of drug-likeness (QED) is 0.830. The molecule has 1 aliphatic heterocycles. The summed E-state index contributed by atoms with van der Waals surface area (Å²) in [5.41, 5.74) is 0.664. The first kappa shape index (κ1) is 16.8. The van der Waals surface area contributed by atoms with E-state index < -0.39 is 0 Å². The lowest BCUT2D eigenvalue weighted by atomic mass is 10.1. The first-order valence-corrected chi connectivity index (χ1v) is 9.10. The highest BCUT2D eigenvalue weighted by molar-refractivity contribution is 7.09. The maximum atomic E-state index is 12.1. The number of hydrogen-bond donors (Lipinski definition) is 2. The van der Waals surface area contributed by atoms with Gasteiger partial charge in [-0.3, -0.25) is 0 Å². The molecule has 1 aromatic heterocycles. The molecule has 1 aromatic carbocycles. The number of benzene rings is 1. The average molecular weight is 346 g/mol. The molecule has 2 heterocycles. The van der Waals surface area contributed by atoms with Gasteiger partial charge in [0.1, 0.15) is 12.4 Å². The fourth-order valence-corrected chi connectivity index (χ4v) is 3.21. The molecule has 6 heteroatoms. The molecule has 0 radical (unpaired) electrons. The van der Waals surface area contributed by atoms with Crippen LogP contribution < -0.4 is 15.4 Å². The van der Waals surface area contributed by atoms with Crippen LogP contribution in [0.5, 0.6) is 5.75 Å². The molecule has 2 N–H and O–H groups in total. The van der Waals surface area contributed by atoms with Crippen LogP contribution in [-0.2, 0) is 11.3 Å². The Hall–Kier alpha value is -2.05. The molecular weight excluding hydrogens is 324 g/mol. The van der Waals surface area contributed by atoms with E-state index in [2.05, 4.69) is 10.6 Å². The summed E-state index contributed by atoms with van der Waals surface area (Å²) >= 11 is 1.62. The Kier molecular flexibility index (Phi) is 6.09. The van der Waals surface area contributed by atoms with Crippen LogP contribution in [0.1, 0.15) is 24.1 Å². The van der Waals surface area contributed by atoms with Gasteiger partial charge in [-0.05, 0) is 42.8 Å². The molecule has 24 heavy (non-hydrogen) atoms. The molecule has 1 saturated heterocycles. The summed E-state index contributed by atoms with van der Waals surface area (Å²) in [6.45, 7) is 1.83. The first-order valence-electron chi connectivity index (χ1n) is 8.22. The van der Waals surface area contributed by atoms with Gasteiger partial charge in [0.25, 0.3) is 0 Å². The van der Waals surface area contributed by atoms with E-state index in [4.69, 9.17) is 9.47 Å². The summed E-state index contributed by atoms with van der Waals surface area (Å²) in [5, 5.41) is 7.69. The van der Waals surface area contributed by atoms with Crippen molar-refractivity contribution in [3.63, 3.8) is 0 Å². The normalized spacial score (nSPS) is 17.2. The van der Waals surface area contributed by atoms with E-state index >= 15 is 0 Å². The number of ether oxygens (including phenoxy) is 2. The molecule has 2 aromatic rings. The third-order valence-electron chi connectivity index (χ3n) is 3.84. The second kappa shape index (κ2) is 8.70. The number of carbonyl (C=O) groups excluding carboxylic acids is 1. The summed E-state index contributed by atoms with van der Waals surface area (Å²) in [7, 11) is 0. The number of urea groups is 1. The molecule has 0 aliphatic carbocycles. The van der Waals surface area contributed by atoms with Crippen LogP contribution in [0.25, 0.3) is 0 Å². The zero-order chi connectivity index (χ0) is 16.6. The molecule has 2 amide bonds. The van der Waals surface area contributed by atoms with Gasteiger partial charge in [-0.15, -0.1) is 11.3 Å². The molecule has 0 bridgehead atoms. The predicted octanol–water partition coefficient (Wildman–Crippen LogP) is 4.02. The molecular formula is C18H22N2O3S. The highest BCUT2D eigenvalue weighted by Crippen LogP contribution is 2.25. The monoisotopic (exact) mass is 346 g/mol. The minimum atomic E-state index is -0.242. The summed E-state index contributed by atoms with van der Waals surface area (Å²) < 4.78 is 11.5. The van der Waals surface area contributed by atoms with Gasteiger partial charge in [0.2, 0.25) is 0 Å². The van der Waals surface area contributed by atoms with Crippen molar-refractivity contribution in [2.45, 2.75) is 31.9 Å². The van der Waals surface area contributed by atoms with Gasteiger partial charge >= 0.3 is 6.03 Å². The largest absolute Gasteiger partial charge is 0.489 e. The highest BCUT2D eigenvalue weighted by Gasteiger charge is 2.15. The van der Waals surface area contributed by atoms with E-state index in [1.165, 1.54) is 6.42 Å². The lowest BCUT2D eigenvalue weighted by molar-refractivity contribution is -0.0109. The number of hydrogen-bond acceptors (Lipinski definition) is 4. The zero-order valence-electron chi connectivity index (χ0n) is 13.5. The molecule has 1 unspecified atom stereocenters. The molecule has 0 spiro atoms. The van der Waals surface area contributed by atoms with Crippen molar-refractivity contribution in [2.75, 3.05) is 18.5 Å². The van der Waals surface area contributed by atoms with Crippen LogP contribution in [-0.4, -0.2) is 25.3 Å². The van der Waals surface area contributed by atoms with Crippen molar-refractivity contribution in [3.05, 3.63) is 46.7 Å². The van der Waals surface area contributed by atoms with E-state index in [9.17, 15) is 4.79 Å². The maximum Gasteiger partial charge on any atom is 0.319 e. The number of carbonyl (C=O) groups is 1. The van der Waals surface area contributed by atoms with E-state index in [0.29, 0.717) is 24.6 Å². The van der Waals surface area contributed by atoms with Gasteiger partial charge in [0, 0.05) is 11.5 Å². The maximum absolute atomic E-state index is 12.1. The number of nitrogens with one attached hydrogen (secondary N) is 2. The Labute approximate surface area is 146 Å². The van der Waals surface area contributed by atoms with Gasteiger partial charge in [-0.2, -0.15) is 0 Å². The highest BCUT2D eigenvalue weighted by atomic mass is 32.1. The Morgan fingerprint density at radius 3 is 2.96 bits per heavy atom. The fraction of sp³-hybridized carbons (Fsp3) is 0.389. The lowest BCUT2D eigenvalue weighted by Crippen LogP contribution is -2.29. The predicted molar refractivity (Wildman–Crippen MR) is 95.7 cm³/mol. The summed E-state index contributed by atoms with van der Waals surface area (Å²) in [5.74, 6) is 0.665. The number of rotatable bonds is 6. The van der Waals surface area contributed by atoms with Gasteiger partial charge in [0.15, 0.2) is 0 Å². The molecule has 1 aliphatic rings. The lowest BCUT2D eigenvalue weighted by Gasteiger charge is -2.23. The number of amides is 2. The van der Waals surface area contributed by atoms with E-state index in [0.717, 1.165) is 24.3 Å². The Morgan fingerprint density at radius 1 is 1.25 bits per heavy atom.